The second kappa shape index (κ2) is 4.76. The van der Waals surface area contributed by atoms with Gasteiger partial charge in [-0.1, -0.05) is 12.1 Å². The van der Waals surface area contributed by atoms with Gasteiger partial charge < -0.3 is 5.32 Å². The third kappa shape index (κ3) is 2.31. The standard InChI is InChI=1S/C14H11F3N4/c1-18-12-13-20-8-11(21(13)7-6-19-12)9-2-4-10(5-3-9)14(15,16)17/h2-8H,1H3,(H,18,19). The van der Waals surface area contributed by atoms with Crippen molar-refractivity contribution in [3.63, 3.8) is 0 Å². The molecule has 0 aliphatic heterocycles. The number of anilines is 1. The topological polar surface area (TPSA) is 42.2 Å². The van der Waals surface area contributed by atoms with Crippen LogP contribution in [0.5, 0.6) is 0 Å². The third-order valence-corrected chi connectivity index (χ3v) is 3.17. The number of nitrogens with one attached hydrogen (secondary N) is 1. The van der Waals surface area contributed by atoms with Crippen LogP contribution in [0.25, 0.3) is 16.9 Å². The highest BCUT2D eigenvalue weighted by molar-refractivity contribution is 5.70. The predicted octanol–water partition coefficient (Wildman–Crippen LogP) is 3.46. The van der Waals surface area contributed by atoms with Gasteiger partial charge in [-0.3, -0.25) is 4.40 Å². The van der Waals surface area contributed by atoms with E-state index in [9.17, 15) is 13.2 Å². The zero-order chi connectivity index (χ0) is 15.0. The molecule has 0 aliphatic rings. The molecule has 0 atom stereocenters. The molecule has 4 nitrogen and oxygen atoms in total. The monoisotopic (exact) mass is 292 g/mol. The van der Waals surface area contributed by atoms with Gasteiger partial charge in [0.15, 0.2) is 11.5 Å². The Labute approximate surface area is 118 Å². The maximum absolute atomic E-state index is 12.6. The van der Waals surface area contributed by atoms with Gasteiger partial charge in [-0.2, -0.15) is 13.2 Å². The zero-order valence-electron chi connectivity index (χ0n) is 11.0. The number of hydrogen-bond acceptors (Lipinski definition) is 3. The van der Waals surface area contributed by atoms with Gasteiger partial charge in [0.1, 0.15) is 0 Å². The number of nitrogens with zero attached hydrogens (tertiary/aromatic N) is 3. The summed E-state index contributed by atoms with van der Waals surface area (Å²) in [6.07, 6.45) is 0.603. The van der Waals surface area contributed by atoms with Crippen LogP contribution < -0.4 is 5.32 Å². The van der Waals surface area contributed by atoms with E-state index in [4.69, 9.17) is 0 Å². The minimum absolute atomic E-state index is 0.607. The van der Waals surface area contributed by atoms with Crippen molar-refractivity contribution < 1.29 is 13.2 Å². The molecule has 1 aromatic carbocycles. The van der Waals surface area contributed by atoms with Crippen molar-refractivity contribution in [3.05, 3.63) is 48.4 Å². The Morgan fingerprint density at radius 2 is 1.81 bits per heavy atom. The number of halogens is 3. The van der Waals surface area contributed by atoms with Gasteiger partial charge in [0, 0.05) is 25.0 Å². The third-order valence-electron chi connectivity index (χ3n) is 3.17. The highest BCUT2D eigenvalue weighted by Crippen LogP contribution is 2.31. The first-order chi connectivity index (χ1) is 10.0. The highest BCUT2D eigenvalue weighted by Gasteiger charge is 2.30. The van der Waals surface area contributed by atoms with Crippen LogP contribution in [-0.4, -0.2) is 21.4 Å². The fourth-order valence-corrected chi connectivity index (χ4v) is 2.14. The molecule has 3 aromatic rings. The number of imidazole rings is 1. The van der Waals surface area contributed by atoms with E-state index in [1.54, 1.807) is 30.0 Å². The van der Waals surface area contributed by atoms with E-state index in [2.05, 4.69) is 15.3 Å². The Morgan fingerprint density at radius 1 is 1.10 bits per heavy atom. The Kier molecular flexibility index (Phi) is 3.04. The molecule has 7 heteroatoms. The first-order valence-corrected chi connectivity index (χ1v) is 6.18. The lowest BCUT2D eigenvalue weighted by atomic mass is 10.1. The van der Waals surface area contributed by atoms with E-state index in [1.165, 1.54) is 12.1 Å². The fourth-order valence-electron chi connectivity index (χ4n) is 2.14. The number of benzene rings is 1. The first kappa shape index (κ1) is 13.4. The molecule has 0 amide bonds. The minimum Gasteiger partial charge on any atom is -0.370 e. The molecule has 0 aliphatic carbocycles. The van der Waals surface area contributed by atoms with E-state index in [0.29, 0.717) is 22.7 Å². The molecule has 2 heterocycles. The van der Waals surface area contributed by atoms with Crippen molar-refractivity contribution >= 4 is 11.5 Å². The van der Waals surface area contributed by atoms with Crippen LogP contribution >= 0.6 is 0 Å². The molecule has 0 spiro atoms. The largest absolute Gasteiger partial charge is 0.416 e. The Balaban J connectivity index is 2.09. The summed E-state index contributed by atoms with van der Waals surface area (Å²) in [6, 6.07) is 5.00. The van der Waals surface area contributed by atoms with Gasteiger partial charge in [0.2, 0.25) is 0 Å². The number of fused-ring (bicyclic) bond motifs is 1. The lowest BCUT2D eigenvalue weighted by molar-refractivity contribution is -0.137. The second-order valence-corrected chi connectivity index (χ2v) is 4.44. The summed E-state index contributed by atoms with van der Waals surface area (Å²) in [5.74, 6) is 0.607. The van der Waals surface area contributed by atoms with E-state index in [-0.39, 0.29) is 0 Å². The maximum Gasteiger partial charge on any atom is 0.416 e. The van der Waals surface area contributed by atoms with Crippen molar-refractivity contribution in [2.24, 2.45) is 0 Å². The smallest absolute Gasteiger partial charge is 0.370 e. The molecule has 0 fully saturated rings. The first-order valence-electron chi connectivity index (χ1n) is 6.18. The molecule has 1 N–H and O–H groups in total. The Bertz CT molecular complexity index is 775. The average molecular weight is 292 g/mol. The van der Waals surface area contributed by atoms with Gasteiger partial charge in [-0.25, -0.2) is 9.97 Å². The zero-order valence-corrected chi connectivity index (χ0v) is 11.0. The average Bonchev–Trinajstić information content (AvgIpc) is 2.90. The van der Waals surface area contributed by atoms with Crippen LogP contribution in [0.4, 0.5) is 19.0 Å². The minimum atomic E-state index is -4.33. The number of hydrogen-bond donors (Lipinski definition) is 1. The fraction of sp³-hybridized carbons (Fsp3) is 0.143. The Hall–Kier alpha value is -2.57. The summed E-state index contributed by atoms with van der Waals surface area (Å²) in [4.78, 5) is 8.39. The van der Waals surface area contributed by atoms with Gasteiger partial charge in [-0.05, 0) is 12.1 Å². The van der Waals surface area contributed by atoms with Gasteiger partial charge in [0.05, 0.1) is 17.5 Å². The second-order valence-electron chi connectivity index (χ2n) is 4.44. The van der Waals surface area contributed by atoms with Crippen LogP contribution in [0.3, 0.4) is 0 Å². The van der Waals surface area contributed by atoms with E-state index in [0.717, 1.165) is 12.1 Å². The molecular formula is C14H11F3N4. The summed E-state index contributed by atoms with van der Waals surface area (Å²) in [5.41, 5.74) is 1.31. The molecule has 108 valence electrons. The molecule has 0 bridgehead atoms. The van der Waals surface area contributed by atoms with Gasteiger partial charge in [-0.15, -0.1) is 0 Å². The molecule has 0 unspecified atom stereocenters. The highest BCUT2D eigenvalue weighted by atomic mass is 19.4. The molecule has 0 radical (unpaired) electrons. The SMILES string of the molecule is CNc1nccn2c(-c3ccc(C(F)(F)F)cc3)cnc12. The summed E-state index contributed by atoms with van der Waals surface area (Å²) in [6.45, 7) is 0. The number of aromatic nitrogens is 3. The van der Waals surface area contributed by atoms with Crippen molar-refractivity contribution in [1.82, 2.24) is 14.4 Å². The van der Waals surface area contributed by atoms with Crippen molar-refractivity contribution in [2.75, 3.05) is 12.4 Å². The van der Waals surface area contributed by atoms with E-state index >= 15 is 0 Å². The van der Waals surface area contributed by atoms with E-state index in [1.807, 2.05) is 0 Å². The predicted molar refractivity (Wildman–Crippen MR) is 73.0 cm³/mol. The van der Waals surface area contributed by atoms with Gasteiger partial charge in [0.25, 0.3) is 0 Å². The van der Waals surface area contributed by atoms with Crippen molar-refractivity contribution in [3.8, 4) is 11.3 Å². The maximum atomic E-state index is 12.6. The Morgan fingerprint density at radius 3 is 2.43 bits per heavy atom. The summed E-state index contributed by atoms with van der Waals surface area (Å²) < 4.78 is 39.5. The quantitative estimate of drug-likeness (QED) is 0.786. The summed E-state index contributed by atoms with van der Waals surface area (Å²) in [7, 11) is 1.73. The molecule has 21 heavy (non-hydrogen) atoms. The molecule has 3 rings (SSSR count). The van der Waals surface area contributed by atoms with Crippen molar-refractivity contribution in [1.29, 1.82) is 0 Å². The summed E-state index contributed by atoms with van der Waals surface area (Å²) in [5, 5.41) is 2.92. The molecule has 0 saturated heterocycles. The van der Waals surface area contributed by atoms with Crippen LogP contribution in [0.2, 0.25) is 0 Å². The number of rotatable bonds is 2. The lowest BCUT2D eigenvalue weighted by Gasteiger charge is -2.08. The van der Waals surface area contributed by atoms with E-state index < -0.39 is 11.7 Å². The summed E-state index contributed by atoms with van der Waals surface area (Å²) >= 11 is 0. The van der Waals surface area contributed by atoms with Crippen LogP contribution in [0.1, 0.15) is 5.56 Å². The molecular weight excluding hydrogens is 281 g/mol. The van der Waals surface area contributed by atoms with Crippen molar-refractivity contribution in [2.45, 2.75) is 6.18 Å². The molecule has 2 aromatic heterocycles. The number of alkyl halides is 3. The van der Waals surface area contributed by atoms with Crippen LogP contribution in [-0.2, 0) is 6.18 Å². The lowest BCUT2D eigenvalue weighted by Crippen LogP contribution is -2.04. The molecule has 0 saturated carbocycles. The normalized spacial score (nSPS) is 11.8. The van der Waals surface area contributed by atoms with Crippen LogP contribution in [0.15, 0.2) is 42.9 Å². The van der Waals surface area contributed by atoms with Gasteiger partial charge >= 0.3 is 6.18 Å². The van der Waals surface area contributed by atoms with Crippen LogP contribution in [0, 0.1) is 0 Å².